The molecule has 0 aliphatic rings. The summed E-state index contributed by atoms with van der Waals surface area (Å²) in [6.07, 6.45) is 3.71. The fourth-order valence-corrected chi connectivity index (χ4v) is 2.35. The number of hydrogen-bond donors (Lipinski definition) is 1. The van der Waals surface area contributed by atoms with Crippen LogP contribution in [-0.2, 0) is 0 Å². The lowest BCUT2D eigenvalue weighted by atomic mass is 9.96. The maximum atomic E-state index is 6.30. The molecular formula is C15H17ClN2. The molecule has 0 spiro atoms. The molecule has 1 aromatic carbocycles. The van der Waals surface area contributed by atoms with E-state index in [4.69, 9.17) is 11.6 Å². The van der Waals surface area contributed by atoms with Crippen LogP contribution in [0.4, 0.5) is 0 Å². The molecule has 1 aromatic heterocycles. The van der Waals surface area contributed by atoms with Crippen molar-refractivity contribution in [2.24, 2.45) is 0 Å². The van der Waals surface area contributed by atoms with Crippen molar-refractivity contribution in [3.63, 3.8) is 0 Å². The summed E-state index contributed by atoms with van der Waals surface area (Å²) in [7, 11) is 0. The van der Waals surface area contributed by atoms with Crippen molar-refractivity contribution in [2.75, 3.05) is 6.54 Å². The number of benzene rings is 1. The van der Waals surface area contributed by atoms with Gasteiger partial charge in [-0.2, -0.15) is 0 Å². The molecule has 1 N–H and O–H groups in total. The fraction of sp³-hybridized carbons (Fsp3) is 0.267. The molecule has 2 rings (SSSR count). The van der Waals surface area contributed by atoms with Crippen molar-refractivity contribution < 1.29 is 0 Å². The summed E-state index contributed by atoms with van der Waals surface area (Å²) < 4.78 is 0. The molecule has 18 heavy (non-hydrogen) atoms. The van der Waals surface area contributed by atoms with Gasteiger partial charge in [-0.1, -0.05) is 36.7 Å². The van der Waals surface area contributed by atoms with Gasteiger partial charge in [0.15, 0.2) is 0 Å². The van der Waals surface area contributed by atoms with Crippen molar-refractivity contribution in [1.82, 2.24) is 10.3 Å². The lowest BCUT2D eigenvalue weighted by Crippen LogP contribution is -2.23. The second-order valence-corrected chi connectivity index (χ2v) is 4.65. The molecule has 0 fully saturated rings. The number of hydrogen-bond acceptors (Lipinski definition) is 2. The van der Waals surface area contributed by atoms with Crippen molar-refractivity contribution >= 4 is 11.6 Å². The summed E-state index contributed by atoms with van der Waals surface area (Å²) in [6, 6.07) is 10.1. The van der Waals surface area contributed by atoms with Crippen LogP contribution in [0.15, 0.2) is 42.7 Å². The zero-order chi connectivity index (χ0) is 13.0. The highest BCUT2D eigenvalue weighted by Crippen LogP contribution is 2.29. The van der Waals surface area contributed by atoms with E-state index in [0.717, 1.165) is 17.1 Å². The summed E-state index contributed by atoms with van der Waals surface area (Å²) >= 11 is 6.30. The van der Waals surface area contributed by atoms with Crippen molar-refractivity contribution in [3.05, 3.63) is 64.4 Å². The smallest absolute Gasteiger partial charge is 0.0595 e. The molecule has 3 heteroatoms. The number of pyridine rings is 1. The lowest BCUT2D eigenvalue weighted by molar-refractivity contribution is 0.627. The Morgan fingerprint density at radius 2 is 2.00 bits per heavy atom. The van der Waals surface area contributed by atoms with E-state index in [9.17, 15) is 0 Å². The fourth-order valence-electron chi connectivity index (χ4n) is 2.11. The minimum atomic E-state index is 0.117. The van der Waals surface area contributed by atoms with Crippen LogP contribution in [0.1, 0.15) is 29.7 Å². The van der Waals surface area contributed by atoms with Crippen LogP contribution in [0, 0.1) is 6.92 Å². The Labute approximate surface area is 113 Å². The largest absolute Gasteiger partial charge is 0.306 e. The second kappa shape index (κ2) is 5.98. The second-order valence-electron chi connectivity index (χ2n) is 4.24. The van der Waals surface area contributed by atoms with Crippen LogP contribution in [0.25, 0.3) is 0 Å². The van der Waals surface area contributed by atoms with Crippen molar-refractivity contribution in [1.29, 1.82) is 0 Å². The summed E-state index contributed by atoms with van der Waals surface area (Å²) in [6.45, 7) is 5.06. The van der Waals surface area contributed by atoms with Gasteiger partial charge in [0.2, 0.25) is 0 Å². The van der Waals surface area contributed by atoms with Gasteiger partial charge in [-0.25, -0.2) is 0 Å². The minimum Gasteiger partial charge on any atom is -0.306 e. The molecule has 1 unspecified atom stereocenters. The third-order valence-corrected chi connectivity index (χ3v) is 3.34. The molecule has 2 aromatic rings. The predicted octanol–water partition coefficient (Wildman–Crippen LogP) is 3.74. The third-order valence-electron chi connectivity index (χ3n) is 3.00. The SMILES string of the molecule is CCNC(c1ccncc1C)c1ccccc1Cl. The molecule has 0 saturated heterocycles. The Balaban J connectivity index is 2.47. The van der Waals surface area contributed by atoms with Crippen LogP contribution >= 0.6 is 11.6 Å². The maximum absolute atomic E-state index is 6.30. The molecule has 0 aliphatic heterocycles. The van der Waals surface area contributed by atoms with Gasteiger partial charge >= 0.3 is 0 Å². The van der Waals surface area contributed by atoms with Gasteiger partial charge in [-0.3, -0.25) is 4.98 Å². The normalized spacial score (nSPS) is 12.4. The average molecular weight is 261 g/mol. The Morgan fingerprint density at radius 3 is 2.67 bits per heavy atom. The molecule has 94 valence electrons. The Morgan fingerprint density at radius 1 is 1.22 bits per heavy atom. The van der Waals surface area contributed by atoms with E-state index in [-0.39, 0.29) is 6.04 Å². The molecule has 0 aliphatic carbocycles. The zero-order valence-corrected chi connectivity index (χ0v) is 11.4. The van der Waals surface area contributed by atoms with Gasteiger partial charge in [0, 0.05) is 17.4 Å². The minimum absolute atomic E-state index is 0.117. The van der Waals surface area contributed by atoms with E-state index < -0.39 is 0 Å². The molecule has 0 amide bonds. The van der Waals surface area contributed by atoms with E-state index in [1.54, 1.807) is 0 Å². The standard InChI is InChI=1S/C15H17ClN2/c1-3-18-15(12-8-9-17-10-11(12)2)13-6-4-5-7-14(13)16/h4-10,15,18H,3H2,1-2H3. The molecule has 0 saturated carbocycles. The number of nitrogens with one attached hydrogen (secondary N) is 1. The molecule has 0 radical (unpaired) electrons. The van der Waals surface area contributed by atoms with Crippen molar-refractivity contribution in [3.8, 4) is 0 Å². The Hall–Kier alpha value is -1.38. The van der Waals surface area contributed by atoms with Gasteiger partial charge in [-0.05, 0) is 42.3 Å². The highest BCUT2D eigenvalue weighted by molar-refractivity contribution is 6.31. The topological polar surface area (TPSA) is 24.9 Å². The summed E-state index contributed by atoms with van der Waals surface area (Å²) in [4.78, 5) is 4.14. The van der Waals surface area contributed by atoms with Crippen LogP contribution in [0.3, 0.4) is 0 Å². The first-order valence-electron chi connectivity index (χ1n) is 6.12. The Kier molecular flexibility index (Phi) is 4.34. The first kappa shape index (κ1) is 13.1. The molecule has 1 heterocycles. The number of nitrogens with zero attached hydrogens (tertiary/aromatic N) is 1. The van der Waals surface area contributed by atoms with Gasteiger partial charge in [0.1, 0.15) is 0 Å². The zero-order valence-electron chi connectivity index (χ0n) is 10.7. The van der Waals surface area contributed by atoms with Gasteiger partial charge in [0.25, 0.3) is 0 Å². The highest BCUT2D eigenvalue weighted by atomic mass is 35.5. The van der Waals surface area contributed by atoms with E-state index in [1.807, 2.05) is 36.7 Å². The van der Waals surface area contributed by atoms with E-state index in [1.165, 1.54) is 11.1 Å². The quantitative estimate of drug-likeness (QED) is 0.906. The predicted molar refractivity (Wildman–Crippen MR) is 75.9 cm³/mol. The van der Waals surface area contributed by atoms with E-state index in [2.05, 4.69) is 30.2 Å². The van der Waals surface area contributed by atoms with Crippen LogP contribution < -0.4 is 5.32 Å². The number of halogens is 1. The maximum Gasteiger partial charge on any atom is 0.0595 e. The molecule has 0 bridgehead atoms. The van der Waals surface area contributed by atoms with Gasteiger partial charge in [-0.15, -0.1) is 0 Å². The summed E-state index contributed by atoms with van der Waals surface area (Å²) in [5, 5.41) is 4.28. The average Bonchev–Trinajstić information content (AvgIpc) is 2.38. The van der Waals surface area contributed by atoms with E-state index >= 15 is 0 Å². The number of aromatic nitrogens is 1. The Bertz CT molecular complexity index is 480. The van der Waals surface area contributed by atoms with Crippen LogP contribution in [0.5, 0.6) is 0 Å². The number of rotatable bonds is 4. The summed E-state index contributed by atoms with van der Waals surface area (Å²) in [5.41, 5.74) is 3.50. The van der Waals surface area contributed by atoms with E-state index in [0.29, 0.717) is 0 Å². The number of aryl methyl sites for hydroxylation is 1. The summed E-state index contributed by atoms with van der Waals surface area (Å²) in [5.74, 6) is 0. The van der Waals surface area contributed by atoms with Crippen LogP contribution in [-0.4, -0.2) is 11.5 Å². The first-order valence-corrected chi connectivity index (χ1v) is 6.50. The molecular weight excluding hydrogens is 244 g/mol. The molecule has 1 atom stereocenters. The first-order chi connectivity index (χ1) is 8.74. The monoisotopic (exact) mass is 260 g/mol. The third kappa shape index (κ3) is 2.71. The van der Waals surface area contributed by atoms with Gasteiger partial charge in [0.05, 0.1) is 6.04 Å². The van der Waals surface area contributed by atoms with Gasteiger partial charge < -0.3 is 5.32 Å². The van der Waals surface area contributed by atoms with Crippen molar-refractivity contribution in [2.45, 2.75) is 19.9 Å². The van der Waals surface area contributed by atoms with Crippen LogP contribution in [0.2, 0.25) is 5.02 Å². The highest BCUT2D eigenvalue weighted by Gasteiger charge is 2.17. The molecule has 2 nitrogen and oxygen atoms in total. The lowest BCUT2D eigenvalue weighted by Gasteiger charge is -2.21.